The predicted molar refractivity (Wildman–Crippen MR) is 62.9 cm³/mol. The van der Waals surface area contributed by atoms with E-state index in [1.807, 2.05) is 0 Å². The van der Waals surface area contributed by atoms with E-state index in [4.69, 9.17) is 0 Å². The zero-order valence-electron chi connectivity index (χ0n) is 9.71. The Kier molecular flexibility index (Phi) is 5.58. The third kappa shape index (κ3) is 4.59. The van der Waals surface area contributed by atoms with Crippen molar-refractivity contribution in [2.45, 2.75) is 51.9 Å². The largest absolute Gasteiger partial charge is 0.211 e. The Labute approximate surface area is 88.5 Å². The summed E-state index contributed by atoms with van der Waals surface area (Å²) in [6.45, 7) is 2.27. The first kappa shape index (κ1) is 11.5. The van der Waals surface area contributed by atoms with Gasteiger partial charge in [0.1, 0.15) is 7.05 Å². The zero-order chi connectivity index (χ0) is 10.2. The molecule has 0 aromatic rings. The molecule has 0 fully saturated rings. The second kappa shape index (κ2) is 6.80. The fourth-order valence-electron chi connectivity index (χ4n) is 1.98. The van der Waals surface area contributed by atoms with E-state index in [0.29, 0.717) is 5.92 Å². The third-order valence-electron chi connectivity index (χ3n) is 2.89. The van der Waals surface area contributed by atoms with Gasteiger partial charge in [-0.2, -0.15) is 0 Å². The van der Waals surface area contributed by atoms with Crippen LogP contribution >= 0.6 is 0 Å². The first-order valence-corrected chi connectivity index (χ1v) is 6.08. The Morgan fingerprint density at radius 1 is 1.07 bits per heavy atom. The van der Waals surface area contributed by atoms with Gasteiger partial charge >= 0.3 is 0 Å². The maximum Gasteiger partial charge on any atom is 0.165 e. The van der Waals surface area contributed by atoms with Gasteiger partial charge < -0.3 is 0 Å². The van der Waals surface area contributed by atoms with Crippen LogP contribution in [-0.4, -0.2) is 17.8 Å². The standard InChI is InChI=1S/C13H24N/c1-3-4-5-6-7-8-9-13-10-11-14(2)12-13/h10-13H,3-9H2,1-2H3/q+1. The average molecular weight is 194 g/mol. The average Bonchev–Trinajstić information content (AvgIpc) is 2.58. The van der Waals surface area contributed by atoms with Crippen LogP contribution in [0.25, 0.3) is 0 Å². The zero-order valence-corrected chi connectivity index (χ0v) is 9.71. The summed E-state index contributed by atoms with van der Waals surface area (Å²) < 4.78 is 2.17. The molecule has 1 atom stereocenters. The Balaban J connectivity index is 1.92. The maximum atomic E-state index is 2.31. The lowest BCUT2D eigenvalue weighted by Gasteiger charge is -2.01. The summed E-state index contributed by atoms with van der Waals surface area (Å²) in [4.78, 5) is 0. The summed E-state index contributed by atoms with van der Waals surface area (Å²) in [6.07, 6.45) is 16.6. The van der Waals surface area contributed by atoms with Crippen molar-refractivity contribution >= 4 is 6.21 Å². The normalized spacial score (nSPS) is 20.1. The Hall–Kier alpha value is -0.590. The van der Waals surface area contributed by atoms with Gasteiger partial charge in [-0.05, 0) is 12.5 Å². The van der Waals surface area contributed by atoms with Crippen molar-refractivity contribution in [3.05, 3.63) is 12.3 Å². The number of unbranched alkanes of at least 4 members (excludes halogenated alkanes) is 5. The molecule has 1 nitrogen and oxygen atoms in total. The second-order valence-electron chi connectivity index (χ2n) is 4.38. The molecular weight excluding hydrogens is 170 g/mol. The van der Waals surface area contributed by atoms with Crippen molar-refractivity contribution in [2.24, 2.45) is 5.92 Å². The maximum absolute atomic E-state index is 2.31. The van der Waals surface area contributed by atoms with E-state index in [9.17, 15) is 0 Å². The minimum atomic E-state index is 0.714. The monoisotopic (exact) mass is 194 g/mol. The molecule has 1 unspecified atom stereocenters. The second-order valence-corrected chi connectivity index (χ2v) is 4.38. The van der Waals surface area contributed by atoms with Gasteiger partial charge in [0.15, 0.2) is 12.4 Å². The smallest absolute Gasteiger partial charge is 0.165 e. The van der Waals surface area contributed by atoms with Crippen LogP contribution in [0.1, 0.15) is 51.9 Å². The van der Waals surface area contributed by atoms with E-state index < -0.39 is 0 Å². The molecule has 0 saturated heterocycles. The molecule has 0 saturated carbocycles. The van der Waals surface area contributed by atoms with Crippen molar-refractivity contribution in [1.82, 2.24) is 0 Å². The van der Waals surface area contributed by atoms with Gasteiger partial charge in [-0.25, -0.2) is 4.58 Å². The molecule has 1 heterocycles. The van der Waals surface area contributed by atoms with Gasteiger partial charge in [0.05, 0.1) is 5.92 Å². The molecule has 1 rings (SSSR count). The summed E-state index contributed by atoms with van der Waals surface area (Å²) in [6, 6.07) is 0. The predicted octanol–water partition coefficient (Wildman–Crippen LogP) is 3.59. The fraction of sp³-hybridized carbons (Fsp3) is 0.769. The summed E-state index contributed by atoms with van der Waals surface area (Å²) in [5.41, 5.74) is 0. The summed E-state index contributed by atoms with van der Waals surface area (Å²) >= 11 is 0. The first-order chi connectivity index (χ1) is 6.83. The lowest BCUT2D eigenvalue weighted by Crippen LogP contribution is -1.99. The molecule has 0 aromatic heterocycles. The quantitative estimate of drug-likeness (QED) is 0.430. The Bertz CT molecular complexity index is 203. The Morgan fingerprint density at radius 3 is 2.43 bits per heavy atom. The number of hydrogen-bond acceptors (Lipinski definition) is 0. The molecular formula is C13H24N+. The lowest BCUT2D eigenvalue weighted by atomic mass is 10.0. The fourth-order valence-corrected chi connectivity index (χ4v) is 1.98. The van der Waals surface area contributed by atoms with E-state index >= 15 is 0 Å². The molecule has 14 heavy (non-hydrogen) atoms. The van der Waals surface area contributed by atoms with Crippen LogP contribution in [0.4, 0.5) is 0 Å². The lowest BCUT2D eigenvalue weighted by molar-refractivity contribution is -0.414. The van der Waals surface area contributed by atoms with Crippen LogP contribution in [0, 0.1) is 5.92 Å². The van der Waals surface area contributed by atoms with Crippen LogP contribution in [0.3, 0.4) is 0 Å². The molecule has 80 valence electrons. The van der Waals surface area contributed by atoms with E-state index in [1.165, 1.54) is 44.9 Å². The molecule has 0 aromatic carbocycles. The van der Waals surface area contributed by atoms with E-state index in [-0.39, 0.29) is 0 Å². The summed E-state index contributed by atoms with van der Waals surface area (Å²) in [5, 5.41) is 0. The number of allylic oxidation sites excluding steroid dienone is 1. The first-order valence-electron chi connectivity index (χ1n) is 6.08. The van der Waals surface area contributed by atoms with Gasteiger partial charge in [-0.1, -0.05) is 45.4 Å². The molecule has 1 heteroatoms. The van der Waals surface area contributed by atoms with Crippen LogP contribution in [0.5, 0.6) is 0 Å². The van der Waals surface area contributed by atoms with Crippen molar-refractivity contribution < 1.29 is 4.58 Å². The van der Waals surface area contributed by atoms with Crippen molar-refractivity contribution in [1.29, 1.82) is 0 Å². The van der Waals surface area contributed by atoms with E-state index in [2.05, 4.69) is 37.0 Å². The highest BCUT2D eigenvalue weighted by Gasteiger charge is 2.11. The number of nitrogens with zero attached hydrogens (tertiary/aromatic N) is 1. The van der Waals surface area contributed by atoms with Crippen LogP contribution < -0.4 is 0 Å². The molecule has 0 radical (unpaired) electrons. The molecule has 1 aliphatic rings. The van der Waals surface area contributed by atoms with Crippen LogP contribution in [-0.2, 0) is 0 Å². The summed E-state index contributed by atoms with van der Waals surface area (Å²) in [7, 11) is 2.11. The van der Waals surface area contributed by atoms with Gasteiger partial charge in [0.2, 0.25) is 0 Å². The molecule has 1 aliphatic heterocycles. The number of hydrogen-bond donors (Lipinski definition) is 0. The highest BCUT2D eigenvalue weighted by atomic mass is 14.9. The van der Waals surface area contributed by atoms with Crippen molar-refractivity contribution in [3.8, 4) is 0 Å². The topological polar surface area (TPSA) is 3.01 Å². The molecule has 0 N–H and O–H groups in total. The van der Waals surface area contributed by atoms with Gasteiger partial charge in [0.25, 0.3) is 0 Å². The van der Waals surface area contributed by atoms with Gasteiger partial charge in [-0.3, -0.25) is 0 Å². The highest BCUT2D eigenvalue weighted by Crippen LogP contribution is 2.14. The Morgan fingerprint density at radius 2 is 1.79 bits per heavy atom. The number of rotatable bonds is 7. The molecule has 0 spiro atoms. The molecule has 0 bridgehead atoms. The minimum absolute atomic E-state index is 0.714. The molecule has 0 amide bonds. The van der Waals surface area contributed by atoms with Crippen molar-refractivity contribution in [2.75, 3.05) is 7.05 Å². The van der Waals surface area contributed by atoms with Crippen LogP contribution in [0.2, 0.25) is 0 Å². The summed E-state index contributed by atoms with van der Waals surface area (Å²) in [5.74, 6) is 0.714. The molecule has 0 aliphatic carbocycles. The van der Waals surface area contributed by atoms with E-state index in [0.717, 1.165) is 0 Å². The van der Waals surface area contributed by atoms with Crippen molar-refractivity contribution in [3.63, 3.8) is 0 Å². The van der Waals surface area contributed by atoms with Gasteiger partial charge in [-0.15, -0.1) is 0 Å². The SMILES string of the molecule is CCCCCCCCC1C=C[N+](C)=C1. The minimum Gasteiger partial charge on any atom is -0.211 e. The van der Waals surface area contributed by atoms with Crippen LogP contribution in [0.15, 0.2) is 12.3 Å². The van der Waals surface area contributed by atoms with E-state index in [1.54, 1.807) is 0 Å². The highest BCUT2D eigenvalue weighted by molar-refractivity contribution is 5.59. The van der Waals surface area contributed by atoms with Gasteiger partial charge in [0, 0.05) is 0 Å². The third-order valence-corrected chi connectivity index (χ3v) is 2.89.